The molecule has 150 valence electrons. The number of hydrogen-bond donors (Lipinski definition) is 0. The van der Waals surface area contributed by atoms with Crippen molar-refractivity contribution in [3.05, 3.63) is 69.7 Å². The van der Waals surface area contributed by atoms with Crippen molar-refractivity contribution in [2.75, 3.05) is 11.4 Å². The smallest absolute Gasteiger partial charge is 0.297 e. The van der Waals surface area contributed by atoms with E-state index >= 15 is 0 Å². The molecule has 4 aromatic rings. The van der Waals surface area contributed by atoms with Gasteiger partial charge in [0.05, 0.1) is 18.8 Å². The first kappa shape index (κ1) is 19.7. The number of aryl methyl sites for hydroxylation is 1. The number of hydrogen-bond acceptors (Lipinski definition) is 5. The summed E-state index contributed by atoms with van der Waals surface area (Å²) in [6.07, 6.45) is 1.50. The van der Waals surface area contributed by atoms with E-state index in [4.69, 9.17) is 21.3 Å². The summed E-state index contributed by atoms with van der Waals surface area (Å²) in [5.41, 5.74) is 2.13. The van der Waals surface area contributed by atoms with Gasteiger partial charge in [-0.25, -0.2) is 4.98 Å². The molecule has 2 heterocycles. The molecule has 0 bridgehead atoms. The highest BCUT2D eigenvalue weighted by Gasteiger charge is 2.19. The van der Waals surface area contributed by atoms with E-state index in [0.717, 1.165) is 10.9 Å². The van der Waals surface area contributed by atoms with Gasteiger partial charge >= 0.3 is 0 Å². The Morgan fingerprint density at radius 1 is 1.30 bits per heavy atom. The minimum atomic E-state index is -0.433. The van der Waals surface area contributed by atoms with Gasteiger partial charge in [-0.15, -0.1) is 0 Å². The van der Waals surface area contributed by atoms with Crippen LogP contribution in [0.4, 0.5) is 5.69 Å². The molecule has 0 saturated heterocycles. The Bertz CT molecular complexity index is 1370. The molecule has 0 fully saturated rings. The highest BCUT2D eigenvalue weighted by Crippen LogP contribution is 2.25. The van der Waals surface area contributed by atoms with Crippen LogP contribution in [0.1, 0.15) is 12.0 Å². The third-order valence-electron chi connectivity index (χ3n) is 4.86. The van der Waals surface area contributed by atoms with Gasteiger partial charge in [-0.05, 0) is 42.8 Å². The Labute approximate surface area is 176 Å². The van der Waals surface area contributed by atoms with Crippen LogP contribution in [0.15, 0.2) is 58.0 Å². The molecule has 0 radical (unpaired) electrons. The maximum absolute atomic E-state index is 13.0. The number of furan rings is 1. The van der Waals surface area contributed by atoms with E-state index in [1.54, 1.807) is 24.3 Å². The summed E-state index contributed by atoms with van der Waals surface area (Å²) in [5, 5.41) is 10.3. The molecule has 0 saturated carbocycles. The van der Waals surface area contributed by atoms with Crippen molar-refractivity contribution < 1.29 is 9.21 Å². The summed E-state index contributed by atoms with van der Waals surface area (Å²) < 4.78 is 6.88. The molecular weight excluding hydrogens is 404 g/mol. The number of para-hydroxylation sites is 1. The van der Waals surface area contributed by atoms with Gasteiger partial charge in [0.1, 0.15) is 17.6 Å². The Kier molecular flexibility index (Phi) is 5.25. The lowest BCUT2D eigenvalue weighted by atomic mass is 10.2. The molecule has 30 heavy (non-hydrogen) atoms. The van der Waals surface area contributed by atoms with Crippen LogP contribution in [0.25, 0.3) is 22.1 Å². The van der Waals surface area contributed by atoms with E-state index in [2.05, 4.69) is 4.98 Å². The largest absolute Gasteiger partial charge is 0.448 e. The van der Waals surface area contributed by atoms with E-state index in [-0.39, 0.29) is 31.0 Å². The molecule has 0 aliphatic rings. The molecular formula is C22H17ClN4O3. The molecule has 0 N–H and O–H groups in total. The van der Waals surface area contributed by atoms with Crippen LogP contribution in [-0.2, 0) is 11.3 Å². The van der Waals surface area contributed by atoms with E-state index in [1.807, 2.05) is 31.2 Å². The molecule has 0 aliphatic heterocycles. The number of nitrogens with zero attached hydrogens (tertiary/aromatic N) is 4. The summed E-state index contributed by atoms with van der Waals surface area (Å²) in [7, 11) is 0. The van der Waals surface area contributed by atoms with Crippen LogP contribution in [0.3, 0.4) is 0 Å². The summed E-state index contributed by atoms with van der Waals surface area (Å²) in [4.78, 5) is 31.7. The van der Waals surface area contributed by atoms with Crippen LogP contribution >= 0.6 is 11.6 Å². The normalized spacial score (nSPS) is 11.0. The van der Waals surface area contributed by atoms with Gasteiger partial charge in [0.15, 0.2) is 0 Å². The minimum Gasteiger partial charge on any atom is -0.448 e. The summed E-state index contributed by atoms with van der Waals surface area (Å²) in [6.45, 7) is 1.81. The summed E-state index contributed by atoms with van der Waals surface area (Å²) >= 11 is 6.09. The number of fused-ring (bicyclic) bond motifs is 3. The van der Waals surface area contributed by atoms with Crippen LogP contribution in [0, 0.1) is 18.3 Å². The van der Waals surface area contributed by atoms with Crippen LogP contribution in [0.2, 0.25) is 5.02 Å². The van der Waals surface area contributed by atoms with Gasteiger partial charge < -0.3 is 9.32 Å². The topological polar surface area (TPSA) is 92.1 Å². The summed E-state index contributed by atoms with van der Waals surface area (Å²) in [6, 6.07) is 14.5. The van der Waals surface area contributed by atoms with E-state index < -0.39 is 5.56 Å². The highest BCUT2D eigenvalue weighted by molar-refractivity contribution is 6.31. The molecule has 2 aromatic carbocycles. The molecule has 1 amide bonds. The number of benzene rings is 2. The van der Waals surface area contributed by atoms with Crippen molar-refractivity contribution in [2.45, 2.75) is 19.9 Å². The van der Waals surface area contributed by atoms with Gasteiger partial charge in [-0.3, -0.25) is 14.2 Å². The molecule has 8 heteroatoms. The maximum atomic E-state index is 13.0. The lowest BCUT2D eigenvalue weighted by Gasteiger charge is -2.23. The number of aromatic nitrogens is 2. The zero-order valence-electron chi connectivity index (χ0n) is 16.1. The lowest BCUT2D eigenvalue weighted by Crippen LogP contribution is -2.37. The number of anilines is 1. The van der Waals surface area contributed by atoms with Crippen molar-refractivity contribution in [1.82, 2.24) is 9.55 Å². The number of amides is 1. The Morgan fingerprint density at radius 3 is 2.87 bits per heavy atom. The summed E-state index contributed by atoms with van der Waals surface area (Å²) in [5.74, 6) is -0.341. The first-order valence-corrected chi connectivity index (χ1v) is 9.67. The maximum Gasteiger partial charge on any atom is 0.297 e. The van der Waals surface area contributed by atoms with E-state index in [9.17, 15) is 9.59 Å². The Hall–Kier alpha value is -3.63. The zero-order valence-corrected chi connectivity index (χ0v) is 16.9. The van der Waals surface area contributed by atoms with Crippen LogP contribution in [-0.4, -0.2) is 22.0 Å². The predicted molar refractivity (Wildman–Crippen MR) is 115 cm³/mol. The van der Waals surface area contributed by atoms with Crippen molar-refractivity contribution in [3.8, 4) is 6.07 Å². The zero-order chi connectivity index (χ0) is 21.3. The van der Waals surface area contributed by atoms with Gasteiger partial charge in [0, 0.05) is 22.6 Å². The predicted octanol–water partition coefficient (Wildman–Crippen LogP) is 4.05. The monoisotopic (exact) mass is 420 g/mol. The number of carbonyl (C=O) groups is 1. The highest BCUT2D eigenvalue weighted by atomic mass is 35.5. The third-order valence-corrected chi connectivity index (χ3v) is 5.28. The lowest BCUT2D eigenvalue weighted by molar-refractivity contribution is -0.119. The molecule has 4 rings (SSSR count). The van der Waals surface area contributed by atoms with Crippen molar-refractivity contribution in [2.24, 2.45) is 0 Å². The van der Waals surface area contributed by atoms with Gasteiger partial charge in [-0.2, -0.15) is 5.26 Å². The van der Waals surface area contributed by atoms with Crippen molar-refractivity contribution >= 4 is 45.3 Å². The van der Waals surface area contributed by atoms with Crippen LogP contribution < -0.4 is 10.5 Å². The standard InChI is InChI=1S/C22H17ClN4O3/c1-14-11-15(7-8-17(14)23)27(10-4-9-24)19(28)12-26-13-25-20-16-5-2-3-6-18(16)30-21(20)22(26)29/h2-3,5-8,11,13H,4,10,12H2,1H3. The molecule has 7 nitrogen and oxygen atoms in total. The van der Waals surface area contributed by atoms with Gasteiger partial charge in [0.2, 0.25) is 11.5 Å². The average molecular weight is 421 g/mol. The van der Waals surface area contributed by atoms with E-state index in [0.29, 0.717) is 21.8 Å². The molecule has 0 atom stereocenters. The van der Waals surface area contributed by atoms with Crippen LogP contribution in [0.5, 0.6) is 0 Å². The average Bonchev–Trinajstić information content (AvgIpc) is 3.12. The number of halogens is 1. The first-order chi connectivity index (χ1) is 14.5. The second kappa shape index (κ2) is 8.01. The number of carbonyl (C=O) groups excluding carboxylic acids is 1. The fourth-order valence-electron chi connectivity index (χ4n) is 3.32. The second-order valence-electron chi connectivity index (χ2n) is 6.84. The molecule has 2 aromatic heterocycles. The quantitative estimate of drug-likeness (QED) is 0.485. The number of rotatable bonds is 5. The SMILES string of the molecule is Cc1cc(N(CCC#N)C(=O)Cn2cnc3c(oc4ccccc43)c2=O)ccc1Cl. The fraction of sp³-hybridized carbons (Fsp3) is 0.182. The third kappa shape index (κ3) is 3.53. The Morgan fingerprint density at radius 2 is 2.10 bits per heavy atom. The van der Waals surface area contributed by atoms with Crippen molar-refractivity contribution in [3.63, 3.8) is 0 Å². The fourth-order valence-corrected chi connectivity index (χ4v) is 3.43. The first-order valence-electron chi connectivity index (χ1n) is 9.29. The van der Waals surface area contributed by atoms with Gasteiger partial charge in [0.25, 0.3) is 5.56 Å². The van der Waals surface area contributed by atoms with Gasteiger partial charge in [-0.1, -0.05) is 23.7 Å². The van der Waals surface area contributed by atoms with E-state index in [1.165, 1.54) is 15.8 Å². The molecule has 0 spiro atoms. The number of nitriles is 1. The molecule has 0 unspecified atom stereocenters. The molecule has 0 aliphatic carbocycles. The van der Waals surface area contributed by atoms with Crippen molar-refractivity contribution in [1.29, 1.82) is 5.26 Å². The minimum absolute atomic E-state index is 0.109. The Balaban J connectivity index is 1.69. The second-order valence-corrected chi connectivity index (χ2v) is 7.25.